The molecular weight excluding hydrogens is 278 g/mol. The normalized spacial score (nSPS) is 10.7. The molecule has 0 aliphatic rings. The predicted octanol–water partition coefficient (Wildman–Crippen LogP) is 1.80. The maximum Gasteiger partial charge on any atom is 0.271 e. The van der Waals surface area contributed by atoms with Crippen LogP contribution in [-0.2, 0) is 0 Å². The Morgan fingerprint density at radius 1 is 1.30 bits per heavy atom. The highest BCUT2D eigenvalue weighted by molar-refractivity contribution is 6.29. The van der Waals surface area contributed by atoms with Gasteiger partial charge in [0.2, 0.25) is 0 Å². The molecule has 20 heavy (non-hydrogen) atoms. The maximum absolute atomic E-state index is 11.6. The van der Waals surface area contributed by atoms with E-state index < -0.39 is 0 Å². The summed E-state index contributed by atoms with van der Waals surface area (Å²) < 4.78 is 1.76. The number of halogens is 1. The van der Waals surface area contributed by atoms with Crippen molar-refractivity contribution in [1.82, 2.24) is 24.7 Å². The van der Waals surface area contributed by atoms with E-state index in [1.165, 1.54) is 0 Å². The standard InChI is InChI=1S/C13H10ClN5O/c1-15-13(20)9-7-19-10(5-17-12(19)6-16-9)8-3-2-4-11(14)18-8/h2-7H,1H3,(H,15,20). The van der Waals surface area contributed by atoms with Crippen molar-refractivity contribution in [1.29, 1.82) is 0 Å². The van der Waals surface area contributed by atoms with Gasteiger partial charge in [0.15, 0.2) is 5.65 Å². The van der Waals surface area contributed by atoms with Crippen molar-refractivity contribution in [3.05, 3.63) is 47.6 Å². The molecule has 0 aliphatic heterocycles. The fraction of sp³-hybridized carbons (Fsp3) is 0.0769. The van der Waals surface area contributed by atoms with Gasteiger partial charge in [0, 0.05) is 13.2 Å². The number of pyridine rings is 1. The molecule has 0 bridgehead atoms. The van der Waals surface area contributed by atoms with Crippen LogP contribution in [0.2, 0.25) is 5.15 Å². The molecule has 3 heterocycles. The average molecular weight is 288 g/mol. The van der Waals surface area contributed by atoms with E-state index in [2.05, 4.69) is 20.3 Å². The summed E-state index contributed by atoms with van der Waals surface area (Å²) in [5, 5.41) is 2.94. The lowest BCUT2D eigenvalue weighted by Gasteiger charge is -2.03. The van der Waals surface area contributed by atoms with E-state index in [1.807, 2.05) is 12.1 Å². The number of carbonyl (C=O) groups excluding carboxylic acids is 1. The molecule has 0 aliphatic carbocycles. The van der Waals surface area contributed by atoms with Crippen LogP contribution >= 0.6 is 11.6 Å². The monoisotopic (exact) mass is 287 g/mol. The zero-order chi connectivity index (χ0) is 14.1. The summed E-state index contributed by atoms with van der Waals surface area (Å²) in [7, 11) is 1.56. The SMILES string of the molecule is CNC(=O)c1cn2c(-c3cccc(Cl)n3)cnc2cn1. The van der Waals surface area contributed by atoms with Crippen molar-refractivity contribution >= 4 is 23.2 Å². The van der Waals surface area contributed by atoms with Crippen LogP contribution in [0.3, 0.4) is 0 Å². The lowest BCUT2D eigenvalue weighted by atomic mass is 10.3. The fourth-order valence-corrected chi connectivity index (χ4v) is 2.04. The highest BCUT2D eigenvalue weighted by Crippen LogP contribution is 2.20. The number of imidazole rings is 1. The van der Waals surface area contributed by atoms with Crippen LogP contribution in [0.4, 0.5) is 0 Å². The first-order valence-corrected chi connectivity index (χ1v) is 6.25. The van der Waals surface area contributed by atoms with Crippen LogP contribution in [0.1, 0.15) is 10.5 Å². The molecule has 0 spiro atoms. The van der Waals surface area contributed by atoms with E-state index in [0.717, 1.165) is 5.69 Å². The van der Waals surface area contributed by atoms with Crippen LogP contribution in [0, 0.1) is 0 Å². The molecule has 0 radical (unpaired) electrons. The molecule has 0 aromatic carbocycles. The third-order valence-corrected chi connectivity index (χ3v) is 3.04. The van der Waals surface area contributed by atoms with Crippen molar-refractivity contribution < 1.29 is 4.79 Å². The molecule has 7 heteroatoms. The summed E-state index contributed by atoms with van der Waals surface area (Å²) in [5.74, 6) is -0.259. The molecule has 3 aromatic heterocycles. The number of aromatic nitrogens is 4. The number of amides is 1. The molecule has 3 aromatic rings. The molecule has 100 valence electrons. The summed E-state index contributed by atoms with van der Waals surface area (Å²) in [6, 6.07) is 5.34. The minimum absolute atomic E-state index is 0.259. The Kier molecular flexibility index (Phi) is 3.08. The molecular formula is C13H10ClN5O. The third-order valence-electron chi connectivity index (χ3n) is 2.83. The first kappa shape index (κ1) is 12.6. The Bertz CT molecular complexity index is 798. The summed E-state index contributed by atoms with van der Waals surface area (Å²) in [6.07, 6.45) is 4.83. The number of rotatable bonds is 2. The Labute approximate surface area is 119 Å². The van der Waals surface area contributed by atoms with Gasteiger partial charge >= 0.3 is 0 Å². The third kappa shape index (κ3) is 2.10. The number of hydrogen-bond donors (Lipinski definition) is 1. The van der Waals surface area contributed by atoms with Crippen LogP contribution in [0.25, 0.3) is 17.0 Å². The van der Waals surface area contributed by atoms with Crippen molar-refractivity contribution in [2.45, 2.75) is 0 Å². The first-order valence-electron chi connectivity index (χ1n) is 5.87. The van der Waals surface area contributed by atoms with Gasteiger partial charge in [-0.05, 0) is 12.1 Å². The summed E-state index contributed by atoms with van der Waals surface area (Å²) >= 11 is 5.90. The Balaban J connectivity index is 2.19. The van der Waals surface area contributed by atoms with E-state index in [0.29, 0.717) is 22.2 Å². The molecule has 0 unspecified atom stereocenters. The number of nitrogens with one attached hydrogen (secondary N) is 1. The van der Waals surface area contributed by atoms with Crippen molar-refractivity contribution in [3.8, 4) is 11.4 Å². The van der Waals surface area contributed by atoms with Crippen molar-refractivity contribution in [2.75, 3.05) is 7.05 Å². The van der Waals surface area contributed by atoms with Crippen LogP contribution in [0.5, 0.6) is 0 Å². The van der Waals surface area contributed by atoms with Crippen LogP contribution < -0.4 is 5.32 Å². The van der Waals surface area contributed by atoms with Gasteiger partial charge in [-0.15, -0.1) is 0 Å². The van der Waals surface area contributed by atoms with E-state index in [9.17, 15) is 4.79 Å². The Hall–Kier alpha value is -2.47. The van der Waals surface area contributed by atoms with Crippen LogP contribution in [-0.4, -0.2) is 32.3 Å². The highest BCUT2D eigenvalue weighted by atomic mass is 35.5. The second-order valence-corrected chi connectivity index (χ2v) is 4.46. The Morgan fingerprint density at radius 3 is 2.90 bits per heavy atom. The minimum Gasteiger partial charge on any atom is -0.354 e. The lowest BCUT2D eigenvalue weighted by molar-refractivity contribution is 0.0957. The lowest BCUT2D eigenvalue weighted by Crippen LogP contribution is -2.19. The molecule has 3 rings (SSSR count). The first-order chi connectivity index (χ1) is 9.69. The van der Waals surface area contributed by atoms with E-state index in [-0.39, 0.29) is 5.91 Å². The molecule has 0 saturated carbocycles. The topological polar surface area (TPSA) is 72.2 Å². The Morgan fingerprint density at radius 2 is 2.15 bits per heavy atom. The average Bonchev–Trinajstić information content (AvgIpc) is 2.89. The maximum atomic E-state index is 11.6. The van der Waals surface area contributed by atoms with E-state index in [1.54, 1.807) is 36.1 Å². The van der Waals surface area contributed by atoms with Gasteiger partial charge in [0.05, 0.1) is 23.8 Å². The van der Waals surface area contributed by atoms with E-state index >= 15 is 0 Å². The molecule has 6 nitrogen and oxygen atoms in total. The van der Waals surface area contributed by atoms with Gasteiger partial charge in [-0.1, -0.05) is 17.7 Å². The van der Waals surface area contributed by atoms with Crippen LogP contribution in [0.15, 0.2) is 36.8 Å². The molecule has 0 fully saturated rings. The number of carbonyl (C=O) groups is 1. The molecule has 0 atom stereocenters. The molecule has 1 N–H and O–H groups in total. The summed E-state index contributed by atoms with van der Waals surface area (Å²) in [5.41, 5.74) is 2.37. The number of nitrogens with zero attached hydrogens (tertiary/aromatic N) is 4. The zero-order valence-electron chi connectivity index (χ0n) is 10.5. The summed E-state index contributed by atoms with van der Waals surface area (Å²) in [6.45, 7) is 0. The van der Waals surface area contributed by atoms with Gasteiger partial charge < -0.3 is 5.32 Å². The predicted molar refractivity (Wildman–Crippen MR) is 74.6 cm³/mol. The zero-order valence-corrected chi connectivity index (χ0v) is 11.3. The molecule has 0 saturated heterocycles. The van der Waals surface area contributed by atoms with Gasteiger partial charge in [-0.2, -0.15) is 0 Å². The van der Waals surface area contributed by atoms with E-state index in [4.69, 9.17) is 11.6 Å². The highest BCUT2D eigenvalue weighted by Gasteiger charge is 2.11. The fourth-order valence-electron chi connectivity index (χ4n) is 1.87. The van der Waals surface area contributed by atoms with Gasteiger partial charge in [0.1, 0.15) is 10.8 Å². The number of hydrogen-bond acceptors (Lipinski definition) is 4. The smallest absolute Gasteiger partial charge is 0.271 e. The summed E-state index contributed by atoms with van der Waals surface area (Å²) in [4.78, 5) is 24.2. The quantitative estimate of drug-likeness (QED) is 0.730. The van der Waals surface area contributed by atoms with Crippen molar-refractivity contribution in [2.24, 2.45) is 0 Å². The second kappa shape index (κ2) is 4.90. The minimum atomic E-state index is -0.259. The second-order valence-electron chi connectivity index (χ2n) is 4.07. The van der Waals surface area contributed by atoms with Crippen molar-refractivity contribution in [3.63, 3.8) is 0 Å². The largest absolute Gasteiger partial charge is 0.354 e. The number of fused-ring (bicyclic) bond motifs is 1. The van der Waals surface area contributed by atoms with Gasteiger partial charge in [-0.3, -0.25) is 9.20 Å². The van der Waals surface area contributed by atoms with Gasteiger partial charge in [-0.25, -0.2) is 15.0 Å². The molecule has 1 amide bonds. The van der Waals surface area contributed by atoms with Gasteiger partial charge in [0.25, 0.3) is 5.91 Å².